The summed E-state index contributed by atoms with van der Waals surface area (Å²) in [6.45, 7) is 1.87. The Morgan fingerprint density at radius 2 is 1.89 bits per heavy atom. The average molecular weight is 286 g/mol. The second-order valence-electron chi connectivity index (χ2n) is 4.46. The standard InChI is InChI=1S/C13H13Cl2NO2/c1-8(17)16-3-2-9(6-13(16)18)10-4-11(14)7-12(15)5-10/h4-5,7,9H,2-3,6H2,1H3. The first-order valence-electron chi connectivity index (χ1n) is 5.74. The molecule has 2 rings (SSSR count). The molecule has 0 bridgehead atoms. The molecule has 1 atom stereocenters. The largest absolute Gasteiger partial charge is 0.283 e. The molecule has 0 spiro atoms. The number of benzene rings is 1. The van der Waals surface area contributed by atoms with E-state index in [1.54, 1.807) is 6.07 Å². The Morgan fingerprint density at radius 1 is 1.28 bits per heavy atom. The quantitative estimate of drug-likeness (QED) is 0.794. The number of likely N-dealkylation sites (tertiary alicyclic amines) is 1. The number of hydrogen-bond donors (Lipinski definition) is 0. The molecular formula is C13H13Cl2NO2. The summed E-state index contributed by atoms with van der Waals surface area (Å²) in [5.41, 5.74) is 0.962. The van der Waals surface area contributed by atoms with Crippen LogP contribution in [0.15, 0.2) is 18.2 Å². The van der Waals surface area contributed by atoms with Gasteiger partial charge in [0.05, 0.1) is 0 Å². The first-order chi connectivity index (χ1) is 8.47. The van der Waals surface area contributed by atoms with Crippen LogP contribution in [-0.2, 0) is 9.59 Å². The van der Waals surface area contributed by atoms with Gasteiger partial charge in [-0.25, -0.2) is 0 Å². The van der Waals surface area contributed by atoms with Gasteiger partial charge < -0.3 is 0 Å². The van der Waals surface area contributed by atoms with Crippen LogP contribution in [0.3, 0.4) is 0 Å². The van der Waals surface area contributed by atoms with E-state index in [4.69, 9.17) is 23.2 Å². The maximum Gasteiger partial charge on any atom is 0.229 e. The number of nitrogens with zero attached hydrogens (tertiary/aromatic N) is 1. The highest BCUT2D eigenvalue weighted by Crippen LogP contribution is 2.32. The highest BCUT2D eigenvalue weighted by molar-refractivity contribution is 6.34. The van der Waals surface area contributed by atoms with E-state index in [9.17, 15) is 9.59 Å². The minimum atomic E-state index is -0.192. The molecule has 1 heterocycles. The zero-order chi connectivity index (χ0) is 13.3. The molecule has 1 aromatic rings. The molecule has 2 amide bonds. The van der Waals surface area contributed by atoms with Crippen molar-refractivity contribution in [1.29, 1.82) is 0 Å². The van der Waals surface area contributed by atoms with Crippen molar-refractivity contribution < 1.29 is 9.59 Å². The fourth-order valence-electron chi connectivity index (χ4n) is 2.26. The smallest absolute Gasteiger partial charge is 0.229 e. The SMILES string of the molecule is CC(=O)N1CCC(c2cc(Cl)cc(Cl)c2)CC1=O. The van der Waals surface area contributed by atoms with Gasteiger partial charge in [0.2, 0.25) is 11.8 Å². The zero-order valence-electron chi connectivity index (χ0n) is 9.95. The third kappa shape index (κ3) is 2.85. The number of hydrogen-bond acceptors (Lipinski definition) is 2. The molecule has 1 aromatic carbocycles. The third-order valence-electron chi connectivity index (χ3n) is 3.16. The highest BCUT2D eigenvalue weighted by Gasteiger charge is 2.29. The molecule has 0 N–H and O–H groups in total. The number of halogens is 2. The van der Waals surface area contributed by atoms with Gasteiger partial charge in [0.25, 0.3) is 0 Å². The average Bonchev–Trinajstić information content (AvgIpc) is 2.26. The monoisotopic (exact) mass is 285 g/mol. The van der Waals surface area contributed by atoms with Crippen LogP contribution in [0.2, 0.25) is 10.0 Å². The Bertz CT molecular complexity index is 482. The Morgan fingerprint density at radius 3 is 2.39 bits per heavy atom. The van der Waals surface area contributed by atoms with Gasteiger partial charge in [-0.15, -0.1) is 0 Å². The van der Waals surface area contributed by atoms with E-state index in [1.807, 2.05) is 12.1 Å². The van der Waals surface area contributed by atoms with Crippen molar-refractivity contribution >= 4 is 35.0 Å². The number of carbonyl (C=O) groups excluding carboxylic acids is 2. The van der Waals surface area contributed by atoms with Gasteiger partial charge in [0.15, 0.2) is 0 Å². The minimum absolute atomic E-state index is 0.0873. The van der Waals surface area contributed by atoms with E-state index in [1.165, 1.54) is 11.8 Å². The number of amides is 2. The predicted octanol–water partition coefficient (Wildman–Crippen LogP) is 3.25. The fourth-order valence-corrected chi connectivity index (χ4v) is 2.80. The van der Waals surface area contributed by atoms with E-state index in [2.05, 4.69) is 0 Å². The van der Waals surface area contributed by atoms with Crippen LogP contribution in [0.4, 0.5) is 0 Å². The Balaban J connectivity index is 2.17. The van der Waals surface area contributed by atoms with Crippen molar-refractivity contribution in [3.8, 4) is 0 Å². The van der Waals surface area contributed by atoms with Crippen molar-refractivity contribution in [2.45, 2.75) is 25.7 Å². The second-order valence-corrected chi connectivity index (χ2v) is 5.33. The number of imide groups is 1. The molecule has 1 aliphatic rings. The van der Waals surface area contributed by atoms with Crippen LogP contribution >= 0.6 is 23.2 Å². The van der Waals surface area contributed by atoms with Gasteiger partial charge >= 0.3 is 0 Å². The van der Waals surface area contributed by atoms with E-state index in [0.717, 1.165) is 12.0 Å². The van der Waals surface area contributed by atoms with Gasteiger partial charge in [-0.2, -0.15) is 0 Å². The van der Waals surface area contributed by atoms with E-state index < -0.39 is 0 Å². The molecule has 1 unspecified atom stereocenters. The summed E-state index contributed by atoms with van der Waals surface area (Å²) in [5.74, 6) is -0.235. The van der Waals surface area contributed by atoms with Crippen LogP contribution in [0.25, 0.3) is 0 Å². The minimum Gasteiger partial charge on any atom is -0.283 e. The summed E-state index contributed by atoms with van der Waals surface area (Å²) in [7, 11) is 0. The fraction of sp³-hybridized carbons (Fsp3) is 0.385. The zero-order valence-corrected chi connectivity index (χ0v) is 11.5. The van der Waals surface area contributed by atoms with Crippen LogP contribution in [-0.4, -0.2) is 23.3 Å². The number of carbonyl (C=O) groups is 2. The lowest BCUT2D eigenvalue weighted by molar-refractivity contribution is -0.145. The summed E-state index contributed by atoms with van der Waals surface area (Å²) < 4.78 is 0. The maximum atomic E-state index is 11.8. The molecule has 3 nitrogen and oxygen atoms in total. The Hall–Kier alpha value is -1.06. The lowest BCUT2D eigenvalue weighted by atomic mass is 9.89. The van der Waals surface area contributed by atoms with Crippen LogP contribution < -0.4 is 0 Å². The van der Waals surface area contributed by atoms with Crippen LogP contribution in [0, 0.1) is 0 Å². The summed E-state index contributed by atoms with van der Waals surface area (Å²) in [6, 6.07) is 5.32. The molecule has 5 heteroatoms. The molecule has 96 valence electrons. The highest BCUT2D eigenvalue weighted by atomic mass is 35.5. The van der Waals surface area contributed by atoms with Crippen molar-refractivity contribution in [3.63, 3.8) is 0 Å². The van der Waals surface area contributed by atoms with Crippen molar-refractivity contribution in [3.05, 3.63) is 33.8 Å². The molecule has 1 saturated heterocycles. The molecule has 0 saturated carbocycles. The van der Waals surface area contributed by atoms with E-state index in [-0.39, 0.29) is 17.7 Å². The summed E-state index contributed by atoms with van der Waals surface area (Å²) >= 11 is 11.9. The van der Waals surface area contributed by atoms with Crippen molar-refractivity contribution in [2.24, 2.45) is 0 Å². The first-order valence-corrected chi connectivity index (χ1v) is 6.50. The summed E-state index contributed by atoms with van der Waals surface area (Å²) in [4.78, 5) is 24.3. The van der Waals surface area contributed by atoms with Crippen LogP contribution in [0.5, 0.6) is 0 Å². The van der Waals surface area contributed by atoms with Gasteiger partial charge in [0.1, 0.15) is 0 Å². The van der Waals surface area contributed by atoms with Gasteiger partial charge in [0, 0.05) is 29.9 Å². The number of rotatable bonds is 1. The normalized spacial score (nSPS) is 20.1. The molecule has 0 aliphatic carbocycles. The molecular weight excluding hydrogens is 273 g/mol. The maximum absolute atomic E-state index is 11.8. The molecule has 1 aliphatic heterocycles. The molecule has 0 aromatic heterocycles. The van der Waals surface area contributed by atoms with Gasteiger partial charge in [-0.1, -0.05) is 23.2 Å². The topological polar surface area (TPSA) is 37.4 Å². The van der Waals surface area contributed by atoms with Gasteiger partial charge in [-0.05, 0) is 36.1 Å². The summed E-state index contributed by atoms with van der Waals surface area (Å²) in [6.07, 6.45) is 1.08. The van der Waals surface area contributed by atoms with Gasteiger partial charge in [-0.3, -0.25) is 14.5 Å². The van der Waals surface area contributed by atoms with Crippen molar-refractivity contribution in [2.75, 3.05) is 6.54 Å². The Kier molecular flexibility index (Phi) is 3.93. The van der Waals surface area contributed by atoms with Crippen molar-refractivity contribution in [1.82, 2.24) is 4.90 Å². The molecule has 18 heavy (non-hydrogen) atoms. The number of piperidine rings is 1. The second kappa shape index (κ2) is 5.29. The lowest BCUT2D eigenvalue weighted by Gasteiger charge is -2.29. The third-order valence-corrected chi connectivity index (χ3v) is 3.60. The molecule has 0 radical (unpaired) electrons. The predicted molar refractivity (Wildman–Crippen MR) is 70.8 cm³/mol. The van der Waals surface area contributed by atoms with E-state index >= 15 is 0 Å². The van der Waals surface area contributed by atoms with E-state index in [0.29, 0.717) is 23.0 Å². The Labute approximate surface area is 116 Å². The first kappa shape index (κ1) is 13.4. The summed E-state index contributed by atoms with van der Waals surface area (Å²) in [5, 5.41) is 1.14. The van der Waals surface area contributed by atoms with Crippen LogP contribution in [0.1, 0.15) is 31.2 Å². The molecule has 1 fully saturated rings. The lowest BCUT2D eigenvalue weighted by Crippen LogP contribution is -2.41.